The van der Waals surface area contributed by atoms with E-state index in [1.807, 2.05) is 44.2 Å². The van der Waals surface area contributed by atoms with Gasteiger partial charge in [-0.3, -0.25) is 4.90 Å². The van der Waals surface area contributed by atoms with E-state index in [1.165, 1.54) is 32.4 Å². The molecule has 0 aromatic heterocycles. The summed E-state index contributed by atoms with van der Waals surface area (Å²) in [6.07, 6.45) is 3.99. The van der Waals surface area contributed by atoms with E-state index in [-0.39, 0.29) is 0 Å². The third-order valence-electron chi connectivity index (χ3n) is 3.26. The fourth-order valence-electron chi connectivity index (χ4n) is 2.29. The molecule has 1 fully saturated rings. The van der Waals surface area contributed by atoms with Crippen molar-refractivity contribution in [3.63, 3.8) is 0 Å². The SMILES string of the molecule is CC(C)(C#CCN1CCCCC1)Oc1ccccc1. The molecule has 2 nitrogen and oxygen atoms in total. The molecule has 0 saturated carbocycles. The quantitative estimate of drug-likeness (QED) is 0.770. The summed E-state index contributed by atoms with van der Waals surface area (Å²) in [7, 11) is 0. The highest BCUT2D eigenvalue weighted by atomic mass is 16.5. The highest BCUT2D eigenvalue weighted by Crippen LogP contribution is 2.16. The Kier molecular flexibility index (Phi) is 4.87. The van der Waals surface area contributed by atoms with Crippen LogP contribution in [0.15, 0.2) is 30.3 Å². The average Bonchev–Trinajstić information content (AvgIpc) is 2.40. The minimum atomic E-state index is -0.433. The molecule has 0 unspecified atom stereocenters. The lowest BCUT2D eigenvalue weighted by Gasteiger charge is -2.24. The molecule has 2 rings (SSSR count). The monoisotopic (exact) mass is 257 g/mol. The number of nitrogens with zero attached hydrogens (tertiary/aromatic N) is 1. The number of ether oxygens (including phenoxy) is 1. The Morgan fingerprint density at radius 2 is 1.79 bits per heavy atom. The maximum atomic E-state index is 5.90. The highest BCUT2D eigenvalue weighted by Gasteiger charge is 2.16. The zero-order valence-corrected chi connectivity index (χ0v) is 12.0. The van der Waals surface area contributed by atoms with Crippen molar-refractivity contribution >= 4 is 0 Å². The van der Waals surface area contributed by atoms with Gasteiger partial charge in [0, 0.05) is 0 Å². The van der Waals surface area contributed by atoms with Crippen molar-refractivity contribution in [3.8, 4) is 17.6 Å². The first kappa shape index (κ1) is 14.0. The second-order valence-corrected chi connectivity index (χ2v) is 5.56. The van der Waals surface area contributed by atoms with E-state index >= 15 is 0 Å². The molecule has 0 atom stereocenters. The summed E-state index contributed by atoms with van der Waals surface area (Å²) >= 11 is 0. The van der Waals surface area contributed by atoms with E-state index in [9.17, 15) is 0 Å². The Morgan fingerprint density at radius 3 is 2.47 bits per heavy atom. The fourth-order valence-corrected chi connectivity index (χ4v) is 2.29. The van der Waals surface area contributed by atoms with Crippen molar-refractivity contribution in [1.82, 2.24) is 4.90 Å². The van der Waals surface area contributed by atoms with Crippen LogP contribution in [0.2, 0.25) is 0 Å². The second kappa shape index (κ2) is 6.63. The molecule has 19 heavy (non-hydrogen) atoms. The van der Waals surface area contributed by atoms with Gasteiger partial charge in [-0.15, -0.1) is 0 Å². The molecule has 2 heteroatoms. The molecule has 1 heterocycles. The van der Waals surface area contributed by atoms with Gasteiger partial charge >= 0.3 is 0 Å². The molecule has 1 aliphatic rings. The Hall–Kier alpha value is -1.46. The molecule has 1 saturated heterocycles. The number of likely N-dealkylation sites (tertiary alicyclic amines) is 1. The Bertz CT molecular complexity index is 435. The van der Waals surface area contributed by atoms with Gasteiger partial charge in [-0.1, -0.05) is 36.5 Å². The predicted molar refractivity (Wildman–Crippen MR) is 79.2 cm³/mol. The zero-order valence-electron chi connectivity index (χ0n) is 12.0. The largest absolute Gasteiger partial charge is 0.475 e. The van der Waals surface area contributed by atoms with Gasteiger partial charge in [0.1, 0.15) is 5.75 Å². The summed E-state index contributed by atoms with van der Waals surface area (Å²) in [5, 5.41) is 0. The summed E-state index contributed by atoms with van der Waals surface area (Å²) in [5.41, 5.74) is -0.433. The maximum absolute atomic E-state index is 5.90. The normalized spacial score (nSPS) is 16.5. The minimum absolute atomic E-state index is 0.433. The van der Waals surface area contributed by atoms with Crippen LogP contribution in [0, 0.1) is 11.8 Å². The molecular formula is C17H23NO. The van der Waals surface area contributed by atoms with E-state index in [4.69, 9.17) is 4.74 Å². The molecule has 1 aromatic rings. The van der Waals surface area contributed by atoms with Crippen molar-refractivity contribution in [2.24, 2.45) is 0 Å². The summed E-state index contributed by atoms with van der Waals surface area (Å²) in [6, 6.07) is 9.88. The fraction of sp³-hybridized carbons (Fsp3) is 0.529. The molecule has 0 amide bonds. The first-order chi connectivity index (χ1) is 9.16. The summed E-state index contributed by atoms with van der Waals surface area (Å²) in [5.74, 6) is 7.38. The summed E-state index contributed by atoms with van der Waals surface area (Å²) in [4.78, 5) is 2.43. The lowest BCUT2D eigenvalue weighted by Crippen LogP contribution is -2.31. The molecule has 0 radical (unpaired) electrons. The van der Waals surface area contributed by atoms with E-state index < -0.39 is 5.60 Å². The van der Waals surface area contributed by atoms with Gasteiger partial charge in [-0.2, -0.15) is 0 Å². The molecule has 0 N–H and O–H groups in total. The molecule has 102 valence electrons. The number of benzene rings is 1. The molecule has 0 spiro atoms. The van der Waals surface area contributed by atoms with Crippen LogP contribution in [-0.4, -0.2) is 30.1 Å². The molecule has 1 aliphatic heterocycles. The molecular weight excluding hydrogens is 234 g/mol. The van der Waals surface area contributed by atoms with E-state index in [1.54, 1.807) is 0 Å². The Balaban J connectivity index is 1.86. The minimum Gasteiger partial charge on any atom is -0.475 e. The standard InChI is InChI=1S/C17H23NO/c1-17(2,19-16-10-5-3-6-11-16)12-9-15-18-13-7-4-8-14-18/h3,5-6,10-11H,4,7-8,13-15H2,1-2H3. The van der Waals surface area contributed by atoms with Gasteiger partial charge < -0.3 is 4.74 Å². The highest BCUT2D eigenvalue weighted by molar-refractivity contribution is 5.24. The van der Waals surface area contributed by atoms with Gasteiger partial charge in [0.25, 0.3) is 0 Å². The van der Waals surface area contributed by atoms with E-state index in [0.717, 1.165) is 12.3 Å². The van der Waals surface area contributed by atoms with Gasteiger partial charge in [0.15, 0.2) is 5.60 Å². The van der Waals surface area contributed by atoms with Crippen molar-refractivity contribution < 1.29 is 4.74 Å². The number of rotatable bonds is 3. The van der Waals surface area contributed by atoms with Crippen molar-refractivity contribution in [2.45, 2.75) is 38.7 Å². The lowest BCUT2D eigenvalue weighted by molar-refractivity contribution is 0.172. The first-order valence-corrected chi connectivity index (χ1v) is 7.12. The van der Waals surface area contributed by atoms with Crippen LogP contribution in [0.1, 0.15) is 33.1 Å². The number of hydrogen-bond acceptors (Lipinski definition) is 2. The van der Waals surface area contributed by atoms with Crippen LogP contribution < -0.4 is 4.74 Å². The molecule has 0 bridgehead atoms. The van der Waals surface area contributed by atoms with E-state index in [0.29, 0.717) is 0 Å². The zero-order chi connectivity index (χ0) is 13.6. The summed E-state index contributed by atoms with van der Waals surface area (Å²) in [6.45, 7) is 7.28. The van der Waals surface area contributed by atoms with Gasteiger partial charge in [-0.05, 0) is 51.9 Å². The van der Waals surface area contributed by atoms with Crippen molar-refractivity contribution in [3.05, 3.63) is 30.3 Å². The number of para-hydroxylation sites is 1. The van der Waals surface area contributed by atoms with Crippen molar-refractivity contribution in [2.75, 3.05) is 19.6 Å². The Morgan fingerprint density at radius 1 is 1.11 bits per heavy atom. The molecule has 0 aliphatic carbocycles. The van der Waals surface area contributed by atoms with Crippen LogP contribution in [0.4, 0.5) is 0 Å². The average molecular weight is 257 g/mol. The van der Waals surface area contributed by atoms with Crippen LogP contribution in [0.3, 0.4) is 0 Å². The van der Waals surface area contributed by atoms with Crippen LogP contribution in [0.5, 0.6) is 5.75 Å². The van der Waals surface area contributed by atoms with Crippen molar-refractivity contribution in [1.29, 1.82) is 0 Å². The Labute approximate surface area is 116 Å². The third kappa shape index (κ3) is 4.96. The smallest absolute Gasteiger partial charge is 0.163 e. The lowest BCUT2D eigenvalue weighted by atomic mass is 10.1. The van der Waals surface area contributed by atoms with Gasteiger partial charge in [0.05, 0.1) is 6.54 Å². The second-order valence-electron chi connectivity index (χ2n) is 5.56. The van der Waals surface area contributed by atoms with Crippen LogP contribution in [0.25, 0.3) is 0 Å². The number of piperidine rings is 1. The first-order valence-electron chi connectivity index (χ1n) is 7.12. The summed E-state index contributed by atoms with van der Waals surface area (Å²) < 4.78 is 5.90. The van der Waals surface area contributed by atoms with E-state index in [2.05, 4.69) is 16.7 Å². The predicted octanol–water partition coefficient (Wildman–Crippen LogP) is 3.33. The topological polar surface area (TPSA) is 12.5 Å². The third-order valence-corrected chi connectivity index (χ3v) is 3.26. The van der Waals surface area contributed by atoms with Crippen LogP contribution in [-0.2, 0) is 0 Å². The number of hydrogen-bond donors (Lipinski definition) is 0. The van der Waals surface area contributed by atoms with Gasteiger partial charge in [-0.25, -0.2) is 0 Å². The van der Waals surface area contributed by atoms with Crippen LogP contribution >= 0.6 is 0 Å². The molecule has 1 aromatic carbocycles. The maximum Gasteiger partial charge on any atom is 0.163 e. The van der Waals surface area contributed by atoms with Gasteiger partial charge in [0.2, 0.25) is 0 Å².